The fraction of sp³-hybridized carbons (Fsp3) is 0.351. The minimum absolute atomic E-state index is 0. The first-order chi connectivity index (χ1) is 57.7. The predicted octanol–water partition coefficient (Wildman–Crippen LogP) is 35.7. The van der Waals surface area contributed by atoms with E-state index in [9.17, 15) is 0 Å². The van der Waals surface area contributed by atoms with Gasteiger partial charge in [-0.2, -0.15) is 0 Å². The van der Waals surface area contributed by atoms with E-state index in [2.05, 4.69) is 313 Å². The molecule has 0 bridgehead atoms. The summed E-state index contributed by atoms with van der Waals surface area (Å²) in [6.45, 7) is 41.7. The van der Waals surface area contributed by atoms with Gasteiger partial charge in [0.2, 0.25) is 0 Å². The molecular weight excluding hydrogens is 1640 g/mol. The quantitative estimate of drug-likeness (QED) is 0.0456. The number of thiophene rings is 3. The molecule has 0 N–H and O–H groups in total. The van der Waals surface area contributed by atoms with Crippen LogP contribution >= 0.6 is 34.0 Å². The highest BCUT2D eigenvalue weighted by atomic mass is 32.1. The largest absolute Gasteiger partial charge is 0.206 e. The van der Waals surface area contributed by atoms with Crippen LogP contribution in [0.1, 0.15) is 180 Å². The zero-order valence-electron chi connectivity index (χ0n) is 73.9. The van der Waals surface area contributed by atoms with Crippen LogP contribution in [0.4, 0.5) is 8.78 Å². The second-order valence-corrected chi connectivity index (χ2v) is 65.8. The third kappa shape index (κ3) is 18.6. The van der Waals surface area contributed by atoms with Crippen molar-refractivity contribution in [3.05, 3.63) is 213 Å². The van der Waals surface area contributed by atoms with Crippen molar-refractivity contribution in [1.29, 1.82) is 0 Å². The van der Waals surface area contributed by atoms with Gasteiger partial charge in [0.15, 0.2) is 0 Å². The van der Waals surface area contributed by atoms with E-state index in [1.54, 1.807) is 12.1 Å². The Morgan fingerprint density at radius 1 is 0.205 bits per heavy atom. The lowest BCUT2D eigenvalue weighted by molar-refractivity contribution is 0.639. The molecule has 122 heavy (non-hydrogen) atoms. The Labute approximate surface area is 749 Å². The first-order valence-corrected chi connectivity index (χ1v) is 63.0. The highest BCUT2D eigenvalue weighted by molar-refractivity contribution is 7.18. The zero-order chi connectivity index (χ0) is 84.6. The maximum atomic E-state index is 15.2. The molecule has 0 saturated carbocycles. The lowest BCUT2D eigenvalue weighted by Gasteiger charge is -2.21. The van der Waals surface area contributed by atoms with Gasteiger partial charge in [-0.1, -0.05) is 231 Å². The summed E-state index contributed by atoms with van der Waals surface area (Å²) in [6, 6.07) is 74.3. The second-order valence-electron chi connectivity index (χ2n) is 33.3. The van der Waals surface area contributed by atoms with E-state index in [0.717, 1.165) is 79.7 Å². The van der Waals surface area contributed by atoms with Gasteiger partial charge in [-0.15, -0.1) is 67.3 Å². The summed E-state index contributed by atoms with van der Waals surface area (Å²) < 4.78 is 34.4. The molecular formula is C111H130F2S3Si6. The number of benzene rings is 12. The van der Waals surface area contributed by atoms with Gasteiger partial charge in [0, 0.05) is 74.4 Å². The third-order valence-corrected chi connectivity index (χ3v) is 59.7. The van der Waals surface area contributed by atoms with E-state index in [-0.39, 0.29) is 33.9 Å². The van der Waals surface area contributed by atoms with E-state index in [1.165, 1.54) is 191 Å². The number of rotatable bonds is 18. The van der Waals surface area contributed by atoms with Crippen LogP contribution in [-0.2, 0) is 0 Å². The Balaban J connectivity index is 0.000000190. The molecule has 0 aliphatic rings. The van der Waals surface area contributed by atoms with E-state index in [4.69, 9.17) is 0 Å². The molecule has 11 heteroatoms. The molecule has 3 heterocycles. The summed E-state index contributed by atoms with van der Waals surface area (Å²) in [5.41, 5.74) is 30.0. The van der Waals surface area contributed by atoms with E-state index in [0.29, 0.717) is 10.8 Å². The van der Waals surface area contributed by atoms with Crippen LogP contribution in [0.25, 0.3) is 127 Å². The van der Waals surface area contributed by atoms with Crippen LogP contribution < -0.4 is 0 Å². The highest BCUT2D eigenvalue weighted by Crippen LogP contribution is 2.44. The van der Waals surface area contributed by atoms with Crippen LogP contribution in [0.2, 0.25) is 109 Å². The van der Waals surface area contributed by atoms with Gasteiger partial charge in [-0.25, -0.2) is 8.78 Å². The van der Waals surface area contributed by atoms with Crippen LogP contribution in [0.15, 0.2) is 168 Å². The molecule has 0 saturated heterocycles. The van der Waals surface area contributed by atoms with Crippen LogP contribution in [-0.4, -0.2) is 48.4 Å². The number of hydrogen-bond donors (Lipinski definition) is 0. The van der Waals surface area contributed by atoms with Crippen molar-refractivity contribution in [1.82, 2.24) is 0 Å². The van der Waals surface area contributed by atoms with Crippen molar-refractivity contribution >= 4 is 210 Å². The van der Waals surface area contributed by atoms with Gasteiger partial charge in [-0.3, -0.25) is 0 Å². The number of fused-ring (bicyclic) bond motifs is 12. The van der Waals surface area contributed by atoms with Crippen LogP contribution in [0, 0.1) is 80.4 Å². The Bertz CT molecular complexity index is 6250. The lowest BCUT2D eigenvalue weighted by atomic mass is 9.89. The summed E-state index contributed by atoms with van der Waals surface area (Å²) in [6.07, 6.45) is 0. The smallest absolute Gasteiger partial charge is 0.138 e. The Kier molecular flexibility index (Phi) is 32.1. The maximum Gasteiger partial charge on any atom is 0.138 e. The Morgan fingerprint density at radius 2 is 0.385 bits per heavy atom. The number of hydrogen-bond acceptors (Lipinski definition) is 3. The monoisotopic (exact) mass is 1760 g/mol. The molecule has 3 aromatic heterocycles. The molecule has 12 aromatic carbocycles. The summed E-state index contributed by atoms with van der Waals surface area (Å²) in [7, 11) is -10.0. The Morgan fingerprint density at radius 3 is 0.598 bits per heavy atom. The third-order valence-electron chi connectivity index (χ3n) is 28.7. The van der Waals surface area contributed by atoms with Crippen molar-refractivity contribution in [3.63, 3.8) is 0 Å². The van der Waals surface area contributed by atoms with Crippen LogP contribution in [0.3, 0.4) is 0 Å². The molecule has 0 unspecified atom stereocenters. The molecule has 0 aliphatic carbocycles. The van der Waals surface area contributed by atoms with Gasteiger partial charge >= 0.3 is 0 Å². The van der Waals surface area contributed by atoms with Gasteiger partial charge in [-0.05, 0) is 314 Å². The molecule has 630 valence electrons. The maximum absolute atomic E-state index is 15.2. The summed E-state index contributed by atoms with van der Waals surface area (Å²) >= 11 is 5.47. The molecule has 0 fully saturated rings. The molecule has 0 radical (unpaired) electrons. The summed E-state index contributed by atoms with van der Waals surface area (Å²) in [5.74, 6) is 22.3. The summed E-state index contributed by atoms with van der Waals surface area (Å²) in [5, 5.41) is 29.9. The van der Waals surface area contributed by atoms with Crippen molar-refractivity contribution < 1.29 is 8.78 Å². The minimum Gasteiger partial charge on any atom is -0.206 e. The van der Waals surface area contributed by atoms with Crippen LogP contribution in [0.5, 0.6) is 0 Å². The van der Waals surface area contributed by atoms with E-state index in [1.807, 2.05) is 58.3 Å². The van der Waals surface area contributed by atoms with Gasteiger partial charge in [0.1, 0.15) is 60.1 Å². The second kappa shape index (κ2) is 41.0. The molecule has 0 aliphatic heterocycles. The molecule has 15 aromatic rings. The summed E-state index contributed by atoms with van der Waals surface area (Å²) in [4.78, 5) is 0. The number of halogens is 2. The lowest BCUT2D eigenvalue weighted by Crippen LogP contribution is -2.29. The topological polar surface area (TPSA) is 0 Å². The normalized spacial score (nSPS) is 11.8. The predicted molar refractivity (Wildman–Crippen MR) is 568 cm³/mol. The average Bonchev–Trinajstić information content (AvgIpc) is 1.43. The molecule has 0 spiro atoms. The van der Waals surface area contributed by atoms with Gasteiger partial charge in [0.05, 0.1) is 0 Å². The zero-order valence-corrected chi connectivity index (χ0v) is 82.3. The SMILES string of the molecule is C.C.C.CC[Si](C#Cc1c2cc3cccc(F)c3cc2c(C#C[Si](CC)(CC)CC)c2cc3cccc(F)c3cc12)(CC)CC.CC[Si](C#Cc1c2cc3ccccc3cc2c(C#C[Si](CC)(CC)CC)c2cc3sccc3cc12)(CC)CC.CC[Si](C#Cc1c2cc3ccsc3cc2c(C#C[Si](CC)(CC)CC)c2cc3ccsc3cc12)(CC)CC. The van der Waals surface area contributed by atoms with Crippen molar-refractivity contribution in [2.45, 2.75) is 256 Å². The molecule has 0 amide bonds. The first-order valence-electron chi connectivity index (χ1n) is 44.6. The van der Waals surface area contributed by atoms with Gasteiger partial charge in [0.25, 0.3) is 0 Å². The average molecular weight is 1770 g/mol. The van der Waals surface area contributed by atoms with Gasteiger partial charge < -0.3 is 0 Å². The van der Waals surface area contributed by atoms with Crippen molar-refractivity contribution in [2.24, 2.45) is 0 Å². The fourth-order valence-electron chi connectivity index (χ4n) is 18.3. The molecule has 0 atom stereocenters. The standard InChI is InChI=1S/C38H40F2Si2.C36H40SSi2.C34H38S2Si2.3CH4/c1-7-41(8-2,9-3)21-19-29-33-23-27-15-13-18-38(40)32(27)26-36(33)30(20-22-42(10-4,11-5)12-6)34-24-28-16-14-17-37(39)31(28)25-35(29)34;1-7-38(8-2,9-3)21-18-30-32-23-27-15-13-14-16-28(27)24-33(32)31(19-22-39(10-4,11-5)12-6)35-26-36-29(17-20-37-36)25-34(30)35;1-7-37(8-2,9-3)19-15-27-29-21-25-13-17-36-34(25)24-32(29)28(16-20-38(10-4,11-5)12-6)30-22-26-14-18-35-33(26)23-31(27)30;;;/h13-18,23-26H,7-12H2,1-6H3;13-17,20,23-26H,7-12H2,1-6H3;13-14,17-18,21-24H,7-12H2,1-6H3;3*1H4. The fourth-order valence-corrected chi connectivity index (χ4v) is 35.2. The first kappa shape index (κ1) is 95.6. The van der Waals surface area contributed by atoms with Crippen molar-refractivity contribution in [2.75, 3.05) is 0 Å². The molecule has 15 rings (SSSR count). The van der Waals surface area contributed by atoms with E-state index < -0.39 is 48.4 Å². The Hall–Kier alpha value is -8.62. The molecule has 0 nitrogen and oxygen atoms in total. The van der Waals surface area contributed by atoms with E-state index >= 15 is 8.78 Å². The van der Waals surface area contributed by atoms with Crippen molar-refractivity contribution in [3.8, 4) is 68.8 Å². The highest BCUT2D eigenvalue weighted by Gasteiger charge is 2.31. The minimum atomic E-state index is -1.79.